The smallest absolute Gasteiger partial charge is 0.322 e. The molecular weight excluding hydrogens is 283 g/mol. The second-order valence-electron chi connectivity index (χ2n) is 4.24. The third-order valence-corrected chi connectivity index (χ3v) is 2.78. The van der Waals surface area contributed by atoms with Crippen LogP contribution in [0.25, 0.3) is 0 Å². The van der Waals surface area contributed by atoms with Gasteiger partial charge >= 0.3 is 6.18 Å². The van der Waals surface area contributed by atoms with E-state index in [-0.39, 0.29) is 0 Å². The van der Waals surface area contributed by atoms with Crippen LogP contribution in [0.2, 0.25) is 0 Å². The molecule has 0 spiro atoms. The van der Waals surface area contributed by atoms with E-state index in [4.69, 9.17) is 0 Å². The molecule has 2 aromatic rings. The van der Waals surface area contributed by atoms with Gasteiger partial charge in [0.1, 0.15) is 6.29 Å². The van der Waals surface area contributed by atoms with Gasteiger partial charge in [-0.2, -0.15) is 13.2 Å². The Balaban J connectivity index is 2.26. The molecule has 0 aliphatic heterocycles. The van der Waals surface area contributed by atoms with Gasteiger partial charge in [-0.25, -0.2) is 0 Å². The zero-order chi connectivity index (χ0) is 15.5. The maximum absolute atomic E-state index is 12.8. The second kappa shape index (κ2) is 5.78. The van der Waals surface area contributed by atoms with Crippen molar-refractivity contribution in [1.82, 2.24) is 0 Å². The molecule has 6 heteroatoms. The average Bonchev–Trinajstić information content (AvgIpc) is 2.47. The van der Waals surface area contributed by atoms with E-state index in [0.717, 1.165) is 12.1 Å². The van der Waals surface area contributed by atoms with Gasteiger partial charge < -0.3 is 5.32 Å². The van der Waals surface area contributed by atoms with Crippen molar-refractivity contribution in [3.63, 3.8) is 0 Å². The third-order valence-electron chi connectivity index (χ3n) is 2.78. The first-order valence-corrected chi connectivity index (χ1v) is 5.94. The van der Waals surface area contributed by atoms with Crippen LogP contribution in [0.1, 0.15) is 26.3 Å². The molecule has 0 heterocycles. The van der Waals surface area contributed by atoms with Crippen LogP contribution in [0.15, 0.2) is 48.5 Å². The van der Waals surface area contributed by atoms with Gasteiger partial charge in [0.2, 0.25) is 0 Å². The summed E-state index contributed by atoms with van der Waals surface area (Å²) in [7, 11) is 0. The number of carbonyl (C=O) groups is 2. The Bertz CT molecular complexity index is 663. The third kappa shape index (κ3) is 3.47. The van der Waals surface area contributed by atoms with Crippen molar-refractivity contribution >= 4 is 17.9 Å². The SMILES string of the molecule is O=Cc1ccc(NC(=O)c2ccccc2C(F)(F)F)cc1. The van der Waals surface area contributed by atoms with Gasteiger partial charge in [0.25, 0.3) is 5.91 Å². The lowest BCUT2D eigenvalue weighted by Crippen LogP contribution is -2.18. The number of hydrogen-bond acceptors (Lipinski definition) is 2. The molecule has 0 aliphatic rings. The first-order chi connectivity index (χ1) is 9.91. The van der Waals surface area contributed by atoms with Crippen LogP contribution >= 0.6 is 0 Å². The summed E-state index contributed by atoms with van der Waals surface area (Å²) in [6.45, 7) is 0. The summed E-state index contributed by atoms with van der Waals surface area (Å²) in [5.41, 5.74) is -0.734. The molecule has 2 aromatic carbocycles. The summed E-state index contributed by atoms with van der Waals surface area (Å²) in [6.07, 6.45) is -3.97. The van der Waals surface area contributed by atoms with E-state index in [9.17, 15) is 22.8 Å². The van der Waals surface area contributed by atoms with E-state index < -0.39 is 23.2 Å². The van der Waals surface area contributed by atoms with E-state index in [0.29, 0.717) is 17.5 Å². The number of alkyl halides is 3. The quantitative estimate of drug-likeness (QED) is 0.876. The zero-order valence-electron chi connectivity index (χ0n) is 10.6. The van der Waals surface area contributed by atoms with Crippen molar-refractivity contribution in [2.24, 2.45) is 0 Å². The monoisotopic (exact) mass is 293 g/mol. The van der Waals surface area contributed by atoms with Crippen LogP contribution in [0, 0.1) is 0 Å². The van der Waals surface area contributed by atoms with Gasteiger partial charge in [0, 0.05) is 11.3 Å². The van der Waals surface area contributed by atoms with Crippen LogP contribution in [0.5, 0.6) is 0 Å². The predicted molar refractivity (Wildman–Crippen MR) is 71.2 cm³/mol. The Hall–Kier alpha value is -2.63. The number of rotatable bonds is 3. The molecule has 0 unspecified atom stereocenters. The Kier molecular flexibility index (Phi) is 4.07. The Morgan fingerprint density at radius 3 is 2.19 bits per heavy atom. The van der Waals surface area contributed by atoms with Gasteiger partial charge in [0.05, 0.1) is 11.1 Å². The van der Waals surface area contributed by atoms with E-state index in [1.54, 1.807) is 0 Å². The molecule has 0 saturated carbocycles. The lowest BCUT2D eigenvalue weighted by atomic mass is 10.1. The number of nitrogens with one attached hydrogen (secondary N) is 1. The molecular formula is C15H10F3NO2. The van der Waals surface area contributed by atoms with Gasteiger partial charge in [-0.1, -0.05) is 12.1 Å². The van der Waals surface area contributed by atoms with Crippen molar-refractivity contribution in [3.8, 4) is 0 Å². The molecule has 0 aromatic heterocycles. The molecule has 2 rings (SSSR count). The van der Waals surface area contributed by atoms with Gasteiger partial charge in [-0.3, -0.25) is 9.59 Å². The first-order valence-electron chi connectivity index (χ1n) is 5.94. The topological polar surface area (TPSA) is 46.2 Å². The van der Waals surface area contributed by atoms with E-state index in [1.807, 2.05) is 0 Å². The molecule has 1 amide bonds. The van der Waals surface area contributed by atoms with E-state index in [1.165, 1.54) is 36.4 Å². The Labute approximate surface area is 118 Å². The summed E-state index contributed by atoms with van der Waals surface area (Å²) < 4.78 is 38.5. The average molecular weight is 293 g/mol. The molecule has 3 nitrogen and oxygen atoms in total. The number of amides is 1. The molecule has 21 heavy (non-hydrogen) atoms. The summed E-state index contributed by atoms with van der Waals surface area (Å²) in [5.74, 6) is -0.859. The minimum absolute atomic E-state index is 0.308. The molecule has 108 valence electrons. The van der Waals surface area contributed by atoms with Crippen molar-refractivity contribution in [2.75, 3.05) is 5.32 Å². The molecule has 0 fully saturated rings. The lowest BCUT2D eigenvalue weighted by molar-refractivity contribution is -0.137. The fourth-order valence-electron chi connectivity index (χ4n) is 1.77. The van der Waals surface area contributed by atoms with Crippen LogP contribution in [-0.4, -0.2) is 12.2 Å². The van der Waals surface area contributed by atoms with Crippen molar-refractivity contribution < 1.29 is 22.8 Å². The van der Waals surface area contributed by atoms with Crippen LogP contribution in [0.4, 0.5) is 18.9 Å². The zero-order valence-corrected chi connectivity index (χ0v) is 10.6. The first kappa shape index (κ1) is 14.8. The Morgan fingerprint density at radius 1 is 1.00 bits per heavy atom. The maximum atomic E-state index is 12.8. The summed E-state index contributed by atoms with van der Waals surface area (Å²) in [5, 5.41) is 2.37. The molecule has 0 atom stereocenters. The minimum Gasteiger partial charge on any atom is -0.322 e. The highest BCUT2D eigenvalue weighted by atomic mass is 19.4. The fraction of sp³-hybridized carbons (Fsp3) is 0.0667. The highest BCUT2D eigenvalue weighted by molar-refractivity contribution is 6.05. The number of halogens is 3. The fourth-order valence-corrected chi connectivity index (χ4v) is 1.77. The van der Waals surface area contributed by atoms with Gasteiger partial charge in [0.15, 0.2) is 0 Å². The predicted octanol–water partition coefficient (Wildman–Crippen LogP) is 3.77. The molecule has 0 aliphatic carbocycles. The van der Waals surface area contributed by atoms with Crippen LogP contribution in [0.3, 0.4) is 0 Å². The molecule has 1 N–H and O–H groups in total. The molecule has 0 saturated heterocycles. The van der Waals surface area contributed by atoms with E-state index >= 15 is 0 Å². The lowest BCUT2D eigenvalue weighted by Gasteiger charge is -2.12. The van der Waals surface area contributed by atoms with Gasteiger partial charge in [-0.05, 0) is 36.4 Å². The number of benzene rings is 2. The second-order valence-corrected chi connectivity index (χ2v) is 4.24. The Morgan fingerprint density at radius 2 is 1.62 bits per heavy atom. The summed E-state index contributed by atoms with van der Waals surface area (Å²) in [4.78, 5) is 22.5. The minimum atomic E-state index is -4.60. The maximum Gasteiger partial charge on any atom is 0.417 e. The highest BCUT2D eigenvalue weighted by Crippen LogP contribution is 2.32. The van der Waals surface area contributed by atoms with Crippen LogP contribution in [-0.2, 0) is 6.18 Å². The van der Waals surface area contributed by atoms with E-state index in [2.05, 4.69) is 5.32 Å². The number of hydrogen-bond donors (Lipinski definition) is 1. The normalized spacial score (nSPS) is 11.0. The number of aldehydes is 1. The molecule has 0 bridgehead atoms. The van der Waals surface area contributed by atoms with Crippen molar-refractivity contribution in [1.29, 1.82) is 0 Å². The summed E-state index contributed by atoms with van der Waals surface area (Å²) >= 11 is 0. The largest absolute Gasteiger partial charge is 0.417 e. The van der Waals surface area contributed by atoms with Gasteiger partial charge in [-0.15, -0.1) is 0 Å². The van der Waals surface area contributed by atoms with Crippen molar-refractivity contribution in [2.45, 2.75) is 6.18 Å². The van der Waals surface area contributed by atoms with Crippen molar-refractivity contribution in [3.05, 3.63) is 65.2 Å². The summed E-state index contributed by atoms with van der Waals surface area (Å²) in [6, 6.07) is 10.3. The number of anilines is 1. The van der Waals surface area contributed by atoms with Crippen LogP contribution < -0.4 is 5.32 Å². The standard InChI is InChI=1S/C15H10F3NO2/c16-15(17,18)13-4-2-1-3-12(13)14(21)19-11-7-5-10(9-20)6-8-11/h1-9H,(H,19,21). The highest BCUT2D eigenvalue weighted by Gasteiger charge is 2.34. The number of carbonyl (C=O) groups excluding carboxylic acids is 2. The molecule has 0 radical (unpaired) electrons.